The van der Waals surface area contributed by atoms with E-state index in [9.17, 15) is 4.79 Å². The molecule has 0 spiro atoms. The van der Waals surface area contributed by atoms with Crippen LogP contribution in [0.2, 0.25) is 0 Å². The van der Waals surface area contributed by atoms with Gasteiger partial charge in [-0.15, -0.1) is 36.2 Å². The van der Waals surface area contributed by atoms with Gasteiger partial charge in [-0.25, -0.2) is 4.98 Å². The van der Waals surface area contributed by atoms with Gasteiger partial charge in [0.05, 0.1) is 18.9 Å². The van der Waals surface area contributed by atoms with E-state index >= 15 is 0 Å². The predicted molar refractivity (Wildman–Crippen MR) is 89.6 cm³/mol. The first-order valence-corrected chi connectivity index (χ1v) is 7.40. The molecule has 2 heterocycles. The molecule has 6 nitrogen and oxygen atoms in total. The molecular weight excluding hydrogens is 335 g/mol. The van der Waals surface area contributed by atoms with Gasteiger partial charge in [0.1, 0.15) is 0 Å². The number of carbonyl (C=O) groups excluding carboxylic acids is 1. The largest absolute Gasteiger partial charge is 0.379 e. The lowest BCUT2D eigenvalue weighted by molar-refractivity contribution is -0.116. The Labute approximate surface area is 141 Å². The zero-order valence-corrected chi connectivity index (χ0v) is 14.2. The van der Waals surface area contributed by atoms with E-state index < -0.39 is 0 Å². The van der Waals surface area contributed by atoms with Gasteiger partial charge >= 0.3 is 0 Å². The van der Waals surface area contributed by atoms with Crippen molar-refractivity contribution in [3.8, 4) is 0 Å². The molecule has 1 amide bonds. The Kier molecular flexibility index (Phi) is 10.9. The first kappa shape index (κ1) is 20.6. The second-order valence-electron chi connectivity index (χ2n) is 4.47. The lowest BCUT2D eigenvalue weighted by Crippen LogP contribution is -2.35. The molecule has 1 fully saturated rings. The summed E-state index contributed by atoms with van der Waals surface area (Å²) in [6, 6.07) is 0. The number of nitrogens with two attached hydrogens (primary N) is 1. The van der Waals surface area contributed by atoms with Crippen molar-refractivity contribution in [1.29, 1.82) is 0 Å². The third-order valence-corrected chi connectivity index (χ3v) is 3.70. The van der Waals surface area contributed by atoms with E-state index in [1.165, 1.54) is 11.3 Å². The number of thiazole rings is 1. The van der Waals surface area contributed by atoms with E-state index in [2.05, 4.69) is 15.2 Å². The molecule has 0 radical (unpaired) electrons. The van der Waals surface area contributed by atoms with Gasteiger partial charge in [-0.3, -0.25) is 9.69 Å². The van der Waals surface area contributed by atoms with Crippen LogP contribution in [-0.4, -0.2) is 48.6 Å². The third kappa shape index (κ3) is 7.39. The molecule has 0 unspecified atom stereocenters. The summed E-state index contributed by atoms with van der Waals surface area (Å²) in [6.45, 7) is 4.80. The summed E-state index contributed by atoms with van der Waals surface area (Å²) < 4.78 is 5.31. The predicted octanol–water partition coefficient (Wildman–Crippen LogP) is 1.50. The fourth-order valence-electron chi connectivity index (χ4n) is 1.87. The molecule has 9 heteroatoms. The number of hydrogen-bond acceptors (Lipinski definition) is 6. The van der Waals surface area contributed by atoms with Gasteiger partial charge in [0.2, 0.25) is 5.91 Å². The monoisotopic (exact) mass is 356 g/mol. The summed E-state index contributed by atoms with van der Waals surface area (Å²) in [5, 5.41) is 5.47. The SMILES string of the molecule is Cl.Cl.NCCCC(=O)Nc1nc(CN2CCOCC2)cs1. The fraction of sp³-hybridized carbons (Fsp3) is 0.667. The molecule has 1 aromatic heterocycles. The van der Waals surface area contributed by atoms with Gasteiger partial charge in [-0.1, -0.05) is 0 Å². The van der Waals surface area contributed by atoms with Crippen LogP contribution in [0.25, 0.3) is 0 Å². The van der Waals surface area contributed by atoms with E-state index in [1.54, 1.807) is 0 Å². The highest BCUT2D eigenvalue weighted by atomic mass is 35.5. The van der Waals surface area contributed by atoms with Crippen molar-refractivity contribution in [2.24, 2.45) is 5.73 Å². The smallest absolute Gasteiger partial charge is 0.226 e. The first-order chi connectivity index (χ1) is 9.28. The van der Waals surface area contributed by atoms with Gasteiger partial charge in [-0.2, -0.15) is 0 Å². The van der Waals surface area contributed by atoms with Gasteiger partial charge < -0.3 is 15.8 Å². The molecule has 1 aromatic rings. The van der Waals surface area contributed by atoms with Crippen LogP contribution < -0.4 is 11.1 Å². The molecule has 2 rings (SSSR count). The number of anilines is 1. The van der Waals surface area contributed by atoms with Gasteiger partial charge in [-0.05, 0) is 13.0 Å². The van der Waals surface area contributed by atoms with Gasteiger partial charge in [0.15, 0.2) is 5.13 Å². The average Bonchev–Trinajstić information content (AvgIpc) is 2.85. The van der Waals surface area contributed by atoms with Crippen LogP contribution in [-0.2, 0) is 16.1 Å². The van der Waals surface area contributed by atoms with Crippen molar-refractivity contribution >= 4 is 47.2 Å². The van der Waals surface area contributed by atoms with Crippen molar-refractivity contribution in [3.63, 3.8) is 0 Å². The summed E-state index contributed by atoms with van der Waals surface area (Å²) in [5.41, 5.74) is 6.37. The first-order valence-electron chi connectivity index (χ1n) is 6.52. The summed E-state index contributed by atoms with van der Waals surface area (Å²) in [4.78, 5) is 18.3. The highest BCUT2D eigenvalue weighted by Gasteiger charge is 2.13. The fourth-order valence-corrected chi connectivity index (χ4v) is 2.59. The second-order valence-corrected chi connectivity index (χ2v) is 5.33. The molecule has 122 valence electrons. The number of rotatable bonds is 6. The summed E-state index contributed by atoms with van der Waals surface area (Å²) in [5.74, 6) is -0.0160. The molecule has 1 aliphatic rings. The number of nitrogens with one attached hydrogen (secondary N) is 1. The van der Waals surface area contributed by atoms with Crippen molar-refractivity contribution < 1.29 is 9.53 Å². The maximum absolute atomic E-state index is 11.5. The number of halogens is 2. The van der Waals surface area contributed by atoms with Crippen LogP contribution in [0.15, 0.2) is 5.38 Å². The Bertz CT molecular complexity index is 414. The van der Waals surface area contributed by atoms with Gasteiger partial charge in [0, 0.05) is 31.4 Å². The van der Waals surface area contributed by atoms with Crippen molar-refractivity contribution in [2.45, 2.75) is 19.4 Å². The van der Waals surface area contributed by atoms with Crippen molar-refractivity contribution in [1.82, 2.24) is 9.88 Å². The Morgan fingerprint density at radius 2 is 2.14 bits per heavy atom. The van der Waals surface area contributed by atoms with Crippen LogP contribution in [0.4, 0.5) is 5.13 Å². The lowest BCUT2D eigenvalue weighted by Gasteiger charge is -2.25. The van der Waals surface area contributed by atoms with Crippen LogP contribution in [0.3, 0.4) is 0 Å². The van der Waals surface area contributed by atoms with E-state index in [1.807, 2.05) is 5.38 Å². The lowest BCUT2D eigenvalue weighted by atomic mass is 10.3. The number of amides is 1. The summed E-state index contributed by atoms with van der Waals surface area (Å²) in [7, 11) is 0. The van der Waals surface area contributed by atoms with Crippen LogP contribution in [0, 0.1) is 0 Å². The zero-order chi connectivity index (χ0) is 13.5. The topological polar surface area (TPSA) is 80.5 Å². The molecule has 3 N–H and O–H groups in total. The maximum Gasteiger partial charge on any atom is 0.226 e. The van der Waals surface area contributed by atoms with Gasteiger partial charge in [0.25, 0.3) is 0 Å². The Morgan fingerprint density at radius 3 is 2.81 bits per heavy atom. The molecular formula is C12H22Cl2N4O2S. The molecule has 1 aliphatic heterocycles. The summed E-state index contributed by atoms with van der Waals surface area (Å²) in [6.07, 6.45) is 1.16. The zero-order valence-electron chi connectivity index (χ0n) is 11.7. The standard InChI is InChI=1S/C12H20N4O2S.2ClH/c13-3-1-2-11(17)15-12-14-10(9-19-12)8-16-4-6-18-7-5-16;;/h9H,1-8,13H2,(H,14,15,17);2*1H. The van der Waals surface area contributed by atoms with Crippen molar-refractivity contribution in [2.75, 3.05) is 38.2 Å². The van der Waals surface area contributed by atoms with Crippen LogP contribution in [0.5, 0.6) is 0 Å². The Balaban J connectivity index is 0.00000200. The summed E-state index contributed by atoms with van der Waals surface area (Å²) >= 11 is 1.47. The number of nitrogens with zero attached hydrogens (tertiary/aromatic N) is 2. The second kappa shape index (κ2) is 11.2. The minimum atomic E-state index is -0.0160. The number of aromatic nitrogens is 1. The van der Waals surface area contributed by atoms with Crippen molar-refractivity contribution in [3.05, 3.63) is 11.1 Å². The average molecular weight is 357 g/mol. The molecule has 0 bridgehead atoms. The maximum atomic E-state index is 11.5. The molecule has 21 heavy (non-hydrogen) atoms. The minimum absolute atomic E-state index is 0. The highest BCUT2D eigenvalue weighted by molar-refractivity contribution is 7.13. The number of morpholine rings is 1. The molecule has 0 atom stereocenters. The molecule has 0 aromatic carbocycles. The Hall–Kier alpha value is -0.440. The molecule has 1 saturated heterocycles. The van der Waals surface area contributed by atoms with E-state index in [4.69, 9.17) is 10.5 Å². The van der Waals surface area contributed by atoms with E-state index in [0.29, 0.717) is 24.5 Å². The number of ether oxygens (including phenoxy) is 1. The number of carbonyl (C=O) groups is 1. The molecule has 0 aliphatic carbocycles. The quantitative estimate of drug-likeness (QED) is 0.807. The van der Waals surface area contributed by atoms with Crippen LogP contribution >= 0.6 is 36.2 Å². The van der Waals surface area contributed by atoms with Crippen LogP contribution in [0.1, 0.15) is 18.5 Å². The minimum Gasteiger partial charge on any atom is -0.379 e. The number of hydrogen-bond donors (Lipinski definition) is 2. The Morgan fingerprint density at radius 1 is 1.43 bits per heavy atom. The normalized spacial score (nSPS) is 14.9. The van der Waals surface area contributed by atoms with E-state index in [0.717, 1.165) is 38.5 Å². The highest BCUT2D eigenvalue weighted by Crippen LogP contribution is 2.17. The molecule has 0 saturated carbocycles. The third-order valence-electron chi connectivity index (χ3n) is 2.90. The van der Waals surface area contributed by atoms with E-state index in [-0.39, 0.29) is 30.7 Å².